The average Bonchev–Trinajstić information content (AvgIpc) is 2.81. The summed E-state index contributed by atoms with van der Waals surface area (Å²) in [7, 11) is 0. The van der Waals surface area contributed by atoms with Crippen LogP contribution in [0.25, 0.3) is 0 Å². The molecule has 14 heavy (non-hydrogen) atoms. The van der Waals surface area contributed by atoms with E-state index in [1.54, 1.807) is 0 Å². The average molecular weight is 198 g/mol. The van der Waals surface area contributed by atoms with Gasteiger partial charge in [0, 0.05) is 0 Å². The van der Waals surface area contributed by atoms with Gasteiger partial charge in [0.25, 0.3) is 0 Å². The van der Waals surface area contributed by atoms with Crippen molar-refractivity contribution >= 4 is 0 Å². The summed E-state index contributed by atoms with van der Waals surface area (Å²) in [6.45, 7) is 10.7. The maximum absolute atomic E-state index is 9.90. The van der Waals surface area contributed by atoms with E-state index in [1.165, 1.54) is 6.42 Å². The van der Waals surface area contributed by atoms with Gasteiger partial charge in [-0.05, 0) is 30.6 Å². The molecule has 0 aromatic carbocycles. The van der Waals surface area contributed by atoms with Crippen molar-refractivity contribution in [3.05, 3.63) is 0 Å². The minimum Gasteiger partial charge on any atom is -0.390 e. The maximum atomic E-state index is 9.90. The van der Waals surface area contributed by atoms with Crippen LogP contribution >= 0.6 is 0 Å². The van der Waals surface area contributed by atoms with Gasteiger partial charge in [-0.25, -0.2) is 0 Å². The first-order valence-electron chi connectivity index (χ1n) is 5.84. The Morgan fingerprint density at radius 3 is 2.21 bits per heavy atom. The first kappa shape index (κ1) is 10.4. The van der Waals surface area contributed by atoms with Crippen LogP contribution in [-0.2, 0) is 4.74 Å². The van der Waals surface area contributed by atoms with Gasteiger partial charge in [-0.3, -0.25) is 0 Å². The summed E-state index contributed by atoms with van der Waals surface area (Å²) in [5, 5.41) is 9.90. The summed E-state index contributed by atoms with van der Waals surface area (Å²) in [4.78, 5) is 0. The van der Waals surface area contributed by atoms with Crippen molar-refractivity contribution in [1.82, 2.24) is 0 Å². The molecule has 1 N–H and O–H groups in total. The van der Waals surface area contributed by atoms with Crippen molar-refractivity contribution in [2.45, 2.75) is 58.8 Å². The van der Waals surface area contributed by atoms with Crippen molar-refractivity contribution in [3.8, 4) is 0 Å². The Morgan fingerprint density at radius 1 is 1.21 bits per heavy atom. The Balaban J connectivity index is 0.000000354. The van der Waals surface area contributed by atoms with Crippen LogP contribution in [0, 0.1) is 17.3 Å². The van der Waals surface area contributed by atoms with E-state index in [9.17, 15) is 5.11 Å². The van der Waals surface area contributed by atoms with Crippen LogP contribution in [0.4, 0.5) is 0 Å². The largest absolute Gasteiger partial charge is 0.390 e. The number of hydrogen-bond donors (Lipinski definition) is 1. The molecule has 1 heterocycles. The molecule has 4 aliphatic rings. The third-order valence-corrected chi connectivity index (χ3v) is 4.65. The second-order valence-corrected chi connectivity index (χ2v) is 5.43. The van der Waals surface area contributed by atoms with Gasteiger partial charge in [-0.2, -0.15) is 0 Å². The Bertz CT molecular complexity index is 244. The molecule has 5 atom stereocenters. The maximum Gasteiger partial charge on any atom is 0.113 e. The van der Waals surface area contributed by atoms with Gasteiger partial charge in [-0.1, -0.05) is 27.7 Å². The fourth-order valence-electron chi connectivity index (χ4n) is 3.65. The molecule has 3 saturated carbocycles. The number of ether oxygens (including phenoxy) is 1. The highest BCUT2D eigenvalue weighted by molar-refractivity contribution is 5.24. The lowest BCUT2D eigenvalue weighted by atomic mass is 9.45. The summed E-state index contributed by atoms with van der Waals surface area (Å²) in [6, 6.07) is 0. The van der Waals surface area contributed by atoms with Crippen molar-refractivity contribution in [3.63, 3.8) is 0 Å². The van der Waals surface area contributed by atoms with Gasteiger partial charge < -0.3 is 9.84 Å². The number of hydrogen-bond acceptors (Lipinski definition) is 2. The van der Waals surface area contributed by atoms with Crippen molar-refractivity contribution in [1.29, 1.82) is 0 Å². The van der Waals surface area contributed by atoms with Crippen LogP contribution in [0.1, 0.15) is 41.0 Å². The molecule has 1 aliphatic heterocycles. The molecule has 0 aromatic heterocycles. The smallest absolute Gasteiger partial charge is 0.113 e. The third-order valence-electron chi connectivity index (χ3n) is 4.65. The van der Waals surface area contributed by atoms with Gasteiger partial charge in [0.15, 0.2) is 0 Å². The van der Waals surface area contributed by atoms with E-state index < -0.39 is 0 Å². The lowest BCUT2D eigenvalue weighted by Crippen LogP contribution is -2.62. The lowest BCUT2D eigenvalue weighted by molar-refractivity contribution is -0.139. The van der Waals surface area contributed by atoms with E-state index >= 15 is 0 Å². The van der Waals surface area contributed by atoms with E-state index in [-0.39, 0.29) is 17.8 Å². The highest BCUT2D eigenvalue weighted by atomic mass is 16.6. The molecule has 2 bridgehead atoms. The van der Waals surface area contributed by atoms with E-state index in [1.807, 2.05) is 13.8 Å². The summed E-state index contributed by atoms with van der Waals surface area (Å²) >= 11 is 0. The number of epoxide rings is 1. The Labute approximate surface area is 86.6 Å². The molecule has 0 radical (unpaired) electrons. The SMILES string of the molecule is CC.CC1(C)C2CC1C1(C)OC1C2O. The van der Waals surface area contributed by atoms with E-state index in [4.69, 9.17) is 4.74 Å². The molecule has 1 saturated heterocycles. The summed E-state index contributed by atoms with van der Waals surface area (Å²) in [5.74, 6) is 1.17. The summed E-state index contributed by atoms with van der Waals surface area (Å²) in [6.07, 6.45) is 1.13. The van der Waals surface area contributed by atoms with Crippen LogP contribution in [0.3, 0.4) is 0 Å². The topological polar surface area (TPSA) is 32.8 Å². The van der Waals surface area contributed by atoms with Gasteiger partial charge in [0.1, 0.15) is 6.10 Å². The molecular formula is C12H22O2. The second kappa shape index (κ2) is 2.73. The molecule has 5 unspecified atom stereocenters. The Hall–Kier alpha value is -0.0800. The number of aliphatic hydroxyl groups is 1. The molecule has 0 amide bonds. The van der Waals surface area contributed by atoms with Crippen LogP contribution in [0.5, 0.6) is 0 Å². The van der Waals surface area contributed by atoms with E-state index in [0.29, 0.717) is 17.3 Å². The zero-order valence-electron chi connectivity index (χ0n) is 9.87. The van der Waals surface area contributed by atoms with Crippen LogP contribution < -0.4 is 0 Å². The first-order chi connectivity index (χ1) is 6.48. The fourth-order valence-corrected chi connectivity index (χ4v) is 3.65. The second-order valence-electron chi connectivity index (χ2n) is 5.43. The molecule has 0 spiro atoms. The minimum absolute atomic E-state index is 0.0255. The normalized spacial score (nSPS) is 56.1. The molecule has 2 nitrogen and oxygen atoms in total. The molecular weight excluding hydrogens is 176 g/mol. The predicted molar refractivity (Wildman–Crippen MR) is 56.0 cm³/mol. The zero-order chi connectivity index (χ0) is 10.7. The van der Waals surface area contributed by atoms with Crippen molar-refractivity contribution in [2.75, 3.05) is 0 Å². The molecule has 3 aliphatic carbocycles. The third kappa shape index (κ3) is 0.938. The first-order valence-corrected chi connectivity index (χ1v) is 5.84. The van der Waals surface area contributed by atoms with Crippen molar-refractivity contribution in [2.24, 2.45) is 17.3 Å². The molecule has 4 rings (SSSR count). The highest BCUT2D eigenvalue weighted by Gasteiger charge is 2.76. The monoisotopic (exact) mass is 198 g/mol. The van der Waals surface area contributed by atoms with Crippen LogP contribution in [0.2, 0.25) is 0 Å². The standard InChI is InChI=1S/C10H16O2.C2H6/c1-9(2)5-4-6(9)10(3)8(12-10)7(5)11;1-2/h5-8,11H,4H2,1-3H3;1-2H3. The molecule has 2 heteroatoms. The summed E-state index contributed by atoms with van der Waals surface area (Å²) < 4.78 is 5.62. The Morgan fingerprint density at radius 2 is 1.79 bits per heavy atom. The Kier molecular flexibility index (Phi) is 2.04. The van der Waals surface area contributed by atoms with Crippen LogP contribution in [0.15, 0.2) is 0 Å². The van der Waals surface area contributed by atoms with Gasteiger partial charge >= 0.3 is 0 Å². The van der Waals surface area contributed by atoms with Gasteiger partial charge in [0.05, 0.1) is 11.7 Å². The fraction of sp³-hybridized carbons (Fsp3) is 1.00. The predicted octanol–water partition coefficient (Wildman–Crippen LogP) is 2.21. The molecule has 0 aromatic rings. The van der Waals surface area contributed by atoms with Crippen molar-refractivity contribution < 1.29 is 9.84 Å². The molecule has 82 valence electrons. The van der Waals surface area contributed by atoms with Gasteiger partial charge in [-0.15, -0.1) is 0 Å². The quantitative estimate of drug-likeness (QED) is 0.605. The zero-order valence-corrected chi connectivity index (χ0v) is 9.87. The summed E-state index contributed by atoms with van der Waals surface area (Å²) in [5.41, 5.74) is 0.332. The lowest BCUT2D eigenvalue weighted by Gasteiger charge is -2.59. The molecule has 4 fully saturated rings. The highest BCUT2D eigenvalue weighted by Crippen LogP contribution is 2.70. The number of aliphatic hydroxyl groups excluding tert-OH is 1. The van der Waals surface area contributed by atoms with Crippen LogP contribution in [-0.4, -0.2) is 22.9 Å². The minimum atomic E-state index is -0.199. The van der Waals surface area contributed by atoms with E-state index in [2.05, 4.69) is 20.8 Å². The van der Waals surface area contributed by atoms with E-state index in [0.717, 1.165) is 0 Å². The van der Waals surface area contributed by atoms with Gasteiger partial charge in [0.2, 0.25) is 0 Å². The number of rotatable bonds is 0.